The van der Waals surface area contributed by atoms with Crippen molar-refractivity contribution in [2.24, 2.45) is 0 Å². The number of nitrogens with zero attached hydrogens (tertiary/aromatic N) is 2. The predicted octanol–water partition coefficient (Wildman–Crippen LogP) is 8.07. The molecule has 230 valence electrons. The molecule has 0 spiro atoms. The zero-order chi connectivity index (χ0) is 30.0. The summed E-state index contributed by atoms with van der Waals surface area (Å²) in [4.78, 5) is 42.9. The van der Waals surface area contributed by atoms with Crippen molar-refractivity contribution >= 4 is 28.9 Å². The van der Waals surface area contributed by atoms with Crippen LogP contribution in [0.4, 0.5) is 4.79 Å². The third-order valence-electron chi connectivity index (χ3n) is 7.61. The van der Waals surface area contributed by atoms with Gasteiger partial charge in [-0.3, -0.25) is 19.4 Å². The summed E-state index contributed by atoms with van der Waals surface area (Å²) in [6.07, 6.45) is 17.7. The molecular formula is C34H48N2O5S. The standard InChI is InChI=1S/C34H48N2O5S/c1-3-5-6-7-8-9-10-11-12-13-14-15-32(37)41-26-36-33(38)31(42-34(36)39)24-28-17-20-30(21-18-28)40-23-22-29-19-16-27(4-2)25-35-29/h16-21,25,31H,3-15,22-24,26H2,1-2H3. The number of ether oxygens (including phenoxy) is 2. The molecular weight excluding hydrogens is 548 g/mol. The van der Waals surface area contributed by atoms with Crippen LogP contribution in [0.15, 0.2) is 42.6 Å². The summed E-state index contributed by atoms with van der Waals surface area (Å²) < 4.78 is 11.1. The van der Waals surface area contributed by atoms with E-state index in [4.69, 9.17) is 9.47 Å². The number of pyridine rings is 1. The van der Waals surface area contributed by atoms with E-state index in [0.29, 0.717) is 19.4 Å². The second-order valence-corrected chi connectivity index (χ2v) is 12.2. The zero-order valence-corrected chi connectivity index (χ0v) is 26.3. The van der Waals surface area contributed by atoms with Crippen LogP contribution in [0.1, 0.15) is 108 Å². The summed E-state index contributed by atoms with van der Waals surface area (Å²) >= 11 is 0.991. The molecule has 0 aliphatic carbocycles. The number of hydrogen-bond acceptors (Lipinski definition) is 7. The number of unbranched alkanes of at least 4 members (excludes halogenated alkanes) is 10. The molecule has 7 nitrogen and oxygen atoms in total. The summed E-state index contributed by atoms with van der Waals surface area (Å²) in [5.41, 5.74) is 3.15. The first kappa shape index (κ1) is 33.6. The molecule has 2 aromatic rings. The van der Waals surface area contributed by atoms with Crippen LogP contribution in [0.5, 0.6) is 5.75 Å². The first-order valence-corrected chi connectivity index (χ1v) is 16.7. The van der Waals surface area contributed by atoms with Gasteiger partial charge in [-0.2, -0.15) is 0 Å². The normalized spacial score (nSPS) is 14.9. The van der Waals surface area contributed by atoms with Gasteiger partial charge < -0.3 is 9.47 Å². The quantitative estimate of drug-likeness (QED) is 0.106. The van der Waals surface area contributed by atoms with Crippen LogP contribution in [-0.2, 0) is 33.6 Å². The van der Waals surface area contributed by atoms with Gasteiger partial charge in [0.15, 0.2) is 6.73 Å². The fraction of sp³-hybridized carbons (Fsp3) is 0.588. The van der Waals surface area contributed by atoms with Crippen molar-refractivity contribution < 1.29 is 23.9 Å². The van der Waals surface area contributed by atoms with Gasteiger partial charge in [0.25, 0.3) is 5.24 Å². The zero-order valence-electron chi connectivity index (χ0n) is 25.5. The van der Waals surface area contributed by atoms with Gasteiger partial charge in [0.2, 0.25) is 5.91 Å². The number of thioether (sulfide) groups is 1. The lowest BCUT2D eigenvalue weighted by molar-refractivity contribution is -0.149. The molecule has 3 rings (SSSR count). The molecule has 0 saturated carbocycles. The van der Waals surface area contributed by atoms with Crippen LogP contribution >= 0.6 is 11.8 Å². The maximum Gasteiger partial charge on any atom is 0.307 e. The summed E-state index contributed by atoms with van der Waals surface area (Å²) in [6.45, 7) is 4.57. The highest BCUT2D eigenvalue weighted by Gasteiger charge is 2.40. The van der Waals surface area contributed by atoms with E-state index in [1.165, 1.54) is 56.9 Å². The van der Waals surface area contributed by atoms with Crippen molar-refractivity contribution in [3.8, 4) is 5.75 Å². The van der Waals surface area contributed by atoms with Gasteiger partial charge in [0.05, 0.1) is 11.9 Å². The first-order valence-electron chi connectivity index (χ1n) is 15.8. The molecule has 1 aliphatic rings. The lowest BCUT2D eigenvalue weighted by atomic mass is 10.1. The van der Waals surface area contributed by atoms with E-state index < -0.39 is 5.25 Å². The number of hydrogen-bond donors (Lipinski definition) is 0. The second kappa shape index (κ2) is 19.3. The van der Waals surface area contributed by atoms with Crippen molar-refractivity contribution in [1.29, 1.82) is 0 Å². The fourth-order valence-corrected chi connectivity index (χ4v) is 5.93. The van der Waals surface area contributed by atoms with Crippen LogP contribution in [-0.4, -0.2) is 45.6 Å². The van der Waals surface area contributed by atoms with Crippen LogP contribution in [0, 0.1) is 0 Å². The lowest BCUT2D eigenvalue weighted by Gasteiger charge is -2.14. The maximum absolute atomic E-state index is 12.8. The smallest absolute Gasteiger partial charge is 0.307 e. The molecule has 0 N–H and O–H groups in total. The third kappa shape index (κ3) is 12.2. The monoisotopic (exact) mass is 596 g/mol. The Morgan fingerprint density at radius 1 is 0.857 bits per heavy atom. The topological polar surface area (TPSA) is 85.8 Å². The molecule has 1 aliphatic heterocycles. The average Bonchev–Trinajstić information content (AvgIpc) is 3.27. The minimum absolute atomic E-state index is 0.305. The minimum Gasteiger partial charge on any atom is -0.493 e. The highest BCUT2D eigenvalue weighted by atomic mass is 32.2. The van der Waals surface area contributed by atoms with Crippen molar-refractivity contribution in [3.05, 3.63) is 59.4 Å². The molecule has 8 heteroatoms. The molecule has 1 atom stereocenters. The molecule has 42 heavy (non-hydrogen) atoms. The molecule has 1 unspecified atom stereocenters. The van der Waals surface area contributed by atoms with E-state index in [9.17, 15) is 14.4 Å². The van der Waals surface area contributed by atoms with Crippen LogP contribution in [0.25, 0.3) is 0 Å². The summed E-state index contributed by atoms with van der Waals surface area (Å²) in [5, 5.41) is -0.889. The maximum atomic E-state index is 12.8. The van der Waals surface area contributed by atoms with E-state index in [1.807, 2.05) is 36.5 Å². The molecule has 1 aromatic heterocycles. The van der Waals surface area contributed by atoms with E-state index in [2.05, 4.69) is 24.9 Å². The Balaban J connectivity index is 1.27. The Morgan fingerprint density at radius 3 is 2.12 bits per heavy atom. The Morgan fingerprint density at radius 2 is 1.50 bits per heavy atom. The van der Waals surface area contributed by atoms with Gasteiger partial charge in [0.1, 0.15) is 5.75 Å². The second-order valence-electron chi connectivity index (χ2n) is 11.0. The molecule has 0 bridgehead atoms. The number of carbonyl (C=O) groups excluding carboxylic acids is 3. The summed E-state index contributed by atoms with van der Waals surface area (Å²) in [7, 11) is 0. The number of aryl methyl sites for hydroxylation is 1. The Bertz CT molecular complexity index is 1090. The number of carbonyl (C=O) groups is 3. The minimum atomic E-state index is -0.521. The molecule has 1 fully saturated rings. The SMILES string of the molecule is CCCCCCCCCCCCCC(=O)OCN1C(=O)SC(Cc2ccc(OCCc3ccc(CC)cn3)cc2)C1=O. The van der Waals surface area contributed by atoms with Crippen molar-refractivity contribution in [3.63, 3.8) is 0 Å². The number of aromatic nitrogens is 1. The summed E-state index contributed by atoms with van der Waals surface area (Å²) in [5.74, 6) is 0.0791. The van der Waals surface area contributed by atoms with E-state index in [-0.39, 0.29) is 23.8 Å². The van der Waals surface area contributed by atoms with Gasteiger partial charge >= 0.3 is 5.97 Å². The predicted molar refractivity (Wildman–Crippen MR) is 169 cm³/mol. The van der Waals surface area contributed by atoms with Gasteiger partial charge in [0, 0.05) is 24.7 Å². The van der Waals surface area contributed by atoms with Crippen LogP contribution in [0.3, 0.4) is 0 Å². The number of amides is 2. The highest BCUT2D eigenvalue weighted by Crippen LogP contribution is 2.30. The van der Waals surface area contributed by atoms with Crippen molar-refractivity contribution in [2.75, 3.05) is 13.3 Å². The summed E-state index contributed by atoms with van der Waals surface area (Å²) in [6, 6.07) is 11.7. The highest BCUT2D eigenvalue weighted by molar-refractivity contribution is 8.15. The third-order valence-corrected chi connectivity index (χ3v) is 8.68. The van der Waals surface area contributed by atoms with Gasteiger partial charge in [-0.25, -0.2) is 4.90 Å². The molecule has 2 heterocycles. The van der Waals surface area contributed by atoms with Crippen molar-refractivity contribution in [2.45, 2.75) is 115 Å². The van der Waals surface area contributed by atoms with Gasteiger partial charge in [-0.1, -0.05) is 108 Å². The van der Waals surface area contributed by atoms with Gasteiger partial charge in [-0.15, -0.1) is 0 Å². The number of imide groups is 1. The number of benzene rings is 1. The van der Waals surface area contributed by atoms with E-state index >= 15 is 0 Å². The van der Waals surface area contributed by atoms with E-state index in [0.717, 1.165) is 65.8 Å². The van der Waals surface area contributed by atoms with Crippen LogP contribution in [0.2, 0.25) is 0 Å². The molecule has 1 saturated heterocycles. The number of rotatable bonds is 21. The largest absolute Gasteiger partial charge is 0.493 e. The Hall–Kier alpha value is -2.87. The van der Waals surface area contributed by atoms with E-state index in [1.54, 1.807) is 0 Å². The molecule has 1 aromatic carbocycles. The first-order chi connectivity index (χ1) is 20.5. The Kier molecular flexibility index (Phi) is 15.5. The van der Waals surface area contributed by atoms with Crippen molar-refractivity contribution in [1.82, 2.24) is 9.88 Å². The average molecular weight is 597 g/mol. The number of esters is 1. The fourth-order valence-electron chi connectivity index (χ4n) is 4.91. The lowest BCUT2D eigenvalue weighted by Crippen LogP contribution is -2.35. The van der Waals surface area contributed by atoms with Crippen LogP contribution < -0.4 is 4.74 Å². The molecule has 2 amide bonds. The van der Waals surface area contributed by atoms with Gasteiger partial charge in [-0.05, 0) is 48.6 Å². The Labute approximate surface area is 256 Å². The molecule has 0 radical (unpaired) electrons.